The summed E-state index contributed by atoms with van der Waals surface area (Å²) < 4.78 is 170. The summed E-state index contributed by atoms with van der Waals surface area (Å²) in [6, 6.07) is 0. The first-order valence-electron chi connectivity index (χ1n) is 3.33. The second-order valence-corrected chi connectivity index (χ2v) is 6.12. The van der Waals surface area contributed by atoms with Gasteiger partial charge in [-0.15, -0.1) is 0 Å². The summed E-state index contributed by atoms with van der Waals surface area (Å²) in [6.45, 7) is 0. The van der Waals surface area contributed by atoms with Gasteiger partial charge in [-0.3, -0.25) is 42.1 Å². The molecule has 0 aromatic rings. The molecule has 0 rings (SSSR count). The van der Waals surface area contributed by atoms with E-state index in [0.29, 0.717) is 0 Å². The van der Waals surface area contributed by atoms with Crippen LogP contribution in [0.15, 0.2) is 0 Å². The lowest BCUT2D eigenvalue weighted by atomic mass is 14.0. The lowest BCUT2D eigenvalue weighted by Crippen LogP contribution is -1.91. The van der Waals surface area contributed by atoms with Gasteiger partial charge in [-0.2, -0.15) is 0 Å². The van der Waals surface area contributed by atoms with E-state index in [1.165, 1.54) is 0 Å². The third-order valence-electron chi connectivity index (χ3n) is 0. The molecule has 240 valence electrons. The average molecular weight is 661 g/mol. The van der Waals surface area contributed by atoms with E-state index in [2.05, 4.69) is 0 Å². The van der Waals surface area contributed by atoms with Gasteiger partial charge in [0.1, 0.15) is 0 Å². The highest BCUT2D eigenvalue weighted by Gasteiger charge is 1.51. The molecule has 0 bridgehead atoms. The van der Waals surface area contributed by atoms with Crippen molar-refractivity contribution >= 4 is 52.0 Å². The molecule has 0 saturated carbocycles. The van der Waals surface area contributed by atoms with Gasteiger partial charge < -0.3 is 107 Å². The van der Waals surface area contributed by atoms with Crippen LogP contribution in [-0.2, 0) is 52.0 Å². The van der Waals surface area contributed by atoms with Gasteiger partial charge in [-0.05, 0) is 0 Å². The largest absolute Gasteiger partial charge is 0.759 e. The fourth-order valence-electron chi connectivity index (χ4n) is 0. The first-order chi connectivity index (χ1) is 10.0. The van der Waals surface area contributed by atoms with Gasteiger partial charge in [-0.1, -0.05) is 0 Å². The summed E-state index contributed by atoms with van der Waals surface area (Å²) in [5.41, 5.74) is 0. The van der Waals surface area contributed by atoms with E-state index in [1.807, 2.05) is 0 Å². The summed E-state index contributed by atoms with van der Waals surface area (Å²) in [5.74, 6) is 0. The van der Waals surface area contributed by atoms with Crippen molar-refractivity contribution in [3.05, 3.63) is 0 Å². The van der Waals surface area contributed by atoms with Crippen molar-refractivity contribution in [3.63, 3.8) is 0 Å². The maximum Gasteiger partial charge on any atom is 0.0311 e. The van der Waals surface area contributed by atoms with Crippen LogP contribution >= 0.6 is 0 Å². The number of quaternary nitrogens is 10. The predicted molar refractivity (Wildman–Crippen MR) is 112 cm³/mol. The van der Waals surface area contributed by atoms with Crippen molar-refractivity contribution in [2.75, 3.05) is 0 Å². The Kier molecular flexibility index (Phi) is 118. The fraction of sp³-hybridized carbons (Fsp3) is 0. The monoisotopic (exact) mass is 660 g/mol. The quantitative estimate of drug-likeness (QED) is 0.0917. The molecular formula is H40N10O20S5. The van der Waals surface area contributed by atoms with E-state index in [9.17, 15) is 0 Å². The zero-order valence-corrected chi connectivity index (χ0v) is 24.3. The molecule has 35 heavy (non-hydrogen) atoms. The molecule has 0 aromatic carbocycles. The van der Waals surface area contributed by atoms with Crippen LogP contribution in [0.25, 0.3) is 0 Å². The van der Waals surface area contributed by atoms with Crippen molar-refractivity contribution < 1.29 is 87.6 Å². The standard InChI is InChI=1S/10H3N.5H2O4S/c;;;;;;;;;;5*1-5(2,3)4/h10*1H3;5*(H2,1,2,3,4). The van der Waals surface area contributed by atoms with E-state index in [-0.39, 0.29) is 61.5 Å². The van der Waals surface area contributed by atoms with E-state index in [0.717, 1.165) is 0 Å². The van der Waals surface area contributed by atoms with Crippen LogP contribution in [0.2, 0.25) is 0 Å². The normalized spacial score (nSPS) is 8.29. The van der Waals surface area contributed by atoms with Gasteiger partial charge in [0, 0.05) is 52.0 Å². The molecule has 0 saturated heterocycles. The van der Waals surface area contributed by atoms with Crippen LogP contribution in [0.4, 0.5) is 0 Å². The van der Waals surface area contributed by atoms with Crippen LogP contribution in [-0.4, -0.2) is 87.6 Å². The molecule has 0 aliphatic rings. The van der Waals surface area contributed by atoms with Gasteiger partial charge in [0.15, 0.2) is 0 Å². The highest BCUT2D eigenvalue weighted by atomic mass is 32.3. The number of hydrogen-bond donors (Lipinski definition) is 10. The Hall–Kier alpha value is -1.05. The van der Waals surface area contributed by atoms with Crippen LogP contribution in [0.3, 0.4) is 0 Å². The molecule has 0 fully saturated rings. The third kappa shape index (κ3) is 28600. The molecule has 0 heterocycles. The smallest absolute Gasteiger partial charge is 0.0311 e. The van der Waals surface area contributed by atoms with Crippen molar-refractivity contribution in [2.45, 2.75) is 0 Å². The maximum absolute atomic E-state index is 8.52. The topological polar surface area (TPSA) is 766 Å². The zero-order valence-electron chi connectivity index (χ0n) is 20.2. The molecule has 30 nitrogen and oxygen atoms in total. The van der Waals surface area contributed by atoms with Crippen LogP contribution < -0.4 is 61.5 Å². The minimum absolute atomic E-state index is 0. The van der Waals surface area contributed by atoms with Crippen molar-refractivity contribution in [2.24, 2.45) is 0 Å². The second kappa shape index (κ2) is 40.1. The lowest BCUT2D eigenvalue weighted by Gasteiger charge is -2.06. The van der Waals surface area contributed by atoms with Gasteiger partial charge in [0.2, 0.25) is 0 Å². The number of rotatable bonds is 0. The molecule has 0 spiro atoms. The Morgan fingerprint density at radius 2 is 0.200 bits per heavy atom. The second-order valence-electron chi connectivity index (χ2n) is 2.04. The Morgan fingerprint density at radius 1 is 0.200 bits per heavy atom. The van der Waals surface area contributed by atoms with Gasteiger partial charge >= 0.3 is 0 Å². The molecule has 0 aliphatic heterocycles. The van der Waals surface area contributed by atoms with Gasteiger partial charge in [0.05, 0.1) is 0 Å². The summed E-state index contributed by atoms with van der Waals surface area (Å²) >= 11 is 0. The third-order valence-corrected chi connectivity index (χ3v) is 0. The Labute approximate surface area is 201 Å². The summed E-state index contributed by atoms with van der Waals surface area (Å²) in [7, 11) is -25.8. The minimum atomic E-state index is -5.17. The predicted octanol–water partition coefficient (Wildman–Crippen LogP) is -2.93. The molecule has 0 aromatic heterocycles. The average Bonchev–Trinajstić information content (AvgIpc) is 1.79. The SMILES string of the molecule is O=S(=O)([O-])[O-].O=S(=O)([O-])[O-].O=S(=O)([O-])[O-].O=S(=O)([O-])[O-].O=S(=O)([O-])[O-].[NH4+].[NH4+].[NH4+].[NH4+].[NH4+].[NH4+].[NH4+].[NH4+].[NH4+].[NH4+]. The summed E-state index contributed by atoms with van der Waals surface area (Å²) in [5, 5.41) is 0. The summed E-state index contributed by atoms with van der Waals surface area (Å²) in [4.78, 5) is 0. The molecule has 35 heteroatoms. The molecular weight excluding hydrogens is 620 g/mol. The van der Waals surface area contributed by atoms with Crippen LogP contribution in [0, 0.1) is 0 Å². The Balaban J connectivity index is -0.0000000103. The highest BCUT2D eigenvalue weighted by Crippen LogP contribution is 1.59. The lowest BCUT2D eigenvalue weighted by molar-refractivity contribution is 0.350. The fourth-order valence-corrected chi connectivity index (χ4v) is 0. The van der Waals surface area contributed by atoms with Gasteiger partial charge in [0.25, 0.3) is 0 Å². The Bertz CT molecular complexity index is 638. The number of hydrogen-bond acceptors (Lipinski definition) is 20. The van der Waals surface area contributed by atoms with E-state index in [4.69, 9.17) is 87.6 Å². The molecule has 0 unspecified atom stereocenters. The van der Waals surface area contributed by atoms with Crippen molar-refractivity contribution in [3.8, 4) is 0 Å². The first kappa shape index (κ1) is 103. The van der Waals surface area contributed by atoms with Gasteiger partial charge in [-0.25, -0.2) is 0 Å². The molecule has 0 aliphatic carbocycles. The zero-order chi connectivity index (χ0) is 22.5. The van der Waals surface area contributed by atoms with E-state index < -0.39 is 52.0 Å². The van der Waals surface area contributed by atoms with E-state index in [1.54, 1.807) is 0 Å². The highest BCUT2D eigenvalue weighted by molar-refractivity contribution is 7.80. The van der Waals surface area contributed by atoms with Crippen LogP contribution in [0.5, 0.6) is 0 Å². The van der Waals surface area contributed by atoms with Crippen molar-refractivity contribution in [1.29, 1.82) is 0 Å². The molecule has 0 amide bonds. The Morgan fingerprint density at radius 3 is 0.200 bits per heavy atom. The minimum Gasteiger partial charge on any atom is -0.759 e. The van der Waals surface area contributed by atoms with Crippen LogP contribution in [0.1, 0.15) is 0 Å². The molecule has 0 radical (unpaired) electrons. The first-order valence-corrected chi connectivity index (χ1v) is 10.0. The molecule has 0 atom stereocenters. The van der Waals surface area contributed by atoms with Crippen molar-refractivity contribution in [1.82, 2.24) is 61.5 Å². The summed E-state index contributed by atoms with van der Waals surface area (Å²) in [6.07, 6.45) is 0. The van der Waals surface area contributed by atoms with E-state index >= 15 is 0 Å². The molecule has 40 N–H and O–H groups in total. The maximum atomic E-state index is 8.52.